The lowest BCUT2D eigenvalue weighted by Crippen LogP contribution is -2.37. The Bertz CT molecular complexity index is 527. The zero-order valence-electron chi connectivity index (χ0n) is 10.7. The molecule has 2 heterocycles. The largest absolute Gasteiger partial charge is 0.385 e. The predicted molar refractivity (Wildman–Crippen MR) is 73.0 cm³/mol. The number of anilines is 2. The van der Waals surface area contributed by atoms with E-state index >= 15 is 0 Å². The third-order valence-corrected chi connectivity index (χ3v) is 3.62. The SMILES string of the molecule is O=C1CC[C@H](C(=O)Nc2ccc3c(c2)CCCN3)N1. The number of fused-ring (bicyclic) bond motifs is 1. The standard InChI is InChI=1S/C14H17N3O2/c18-13-6-5-12(17-13)14(19)16-10-3-4-11-9(8-10)2-1-7-15-11/h3-4,8,12,15H,1-2,5-7H2,(H,16,19)(H,17,18)/t12-/m1/s1. The average Bonchev–Trinajstić information content (AvgIpc) is 2.85. The van der Waals surface area contributed by atoms with E-state index < -0.39 is 0 Å². The first-order chi connectivity index (χ1) is 9.22. The molecule has 0 saturated carbocycles. The van der Waals surface area contributed by atoms with Gasteiger partial charge in [0.1, 0.15) is 6.04 Å². The summed E-state index contributed by atoms with van der Waals surface area (Å²) in [5.74, 6) is -0.177. The summed E-state index contributed by atoms with van der Waals surface area (Å²) < 4.78 is 0. The zero-order valence-corrected chi connectivity index (χ0v) is 10.7. The summed E-state index contributed by atoms with van der Waals surface area (Å²) in [6.45, 7) is 1.01. The van der Waals surface area contributed by atoms with Crippen LogP contribution in [0.5, 0.6) is 0 Å². The first-order valence-electron chi connectivity index (χ1n) is 6.69. The van der Waals surface area contributed by atoms with Crippen molar-refractivity contribution in [2.24, 2.45) is 0 Å². The minimum atomic E-state index is -0.387. The molecule has 2 aliphatic heterocycles. The third kappa shape index (κ3) is 2.54. The van der Waals surface area contributed by atoms with Gasteiger partial charge in [0.15, 0.2) is 0 Å². The molecule has 100 valence electrons. The Hall–Kier alpha value is -2.04. The van der Waals surface area contributed by atoms with Crippen molar-refractivity contribution in [3.8, 4) is 0 Å². The molecule has 0 bridgehead atoms. The van der Waals surface area contributed by atoms with Gasteiger partial charge in [-0.05, 0) is 43.0 Å². The number of amides is 2. The lowest BCUT2D eigenvalue weighted by atomic mass is 10.0. The van der Waals surface area contributed by atoms with Crippen LogP contribution in [0.1, 0.15) is 24.8 Å². The Balaban J connectivity index is 1.69. The van der Waals surface area contributed by atoms with Gasteiger partial charge < -0.3 is 16.0 Å². The number of rotatable bonds is 2. The second kappa shape index (κ2) is 4.91. The van der Waals surface area contributed by atoms with E-state index in [1.807, 2.05) is 18.2 Å². The van der Waals surface area contributed by atoms with Gasteiger partial charge in [-0.3, -0.25) is 9.59 Å². The van der Waals surface area contributed by atoms with Gasteiger partial charge in [0, 0.05) is 24.3 Å². The van der Waals surface area contributed by atoms with E-state index in [1.54, 1.807) is 0 Å². The maximum Gasteiger partial charge on any atom is 0.246 e. The van der Waals surface area contributed by atoms with E-state index in [9.17, 15) is 9.59 Å². The highest BCUT2D eigenvalue weighted by Crippen LogP contribution is 2.25. The highest BCUT2D eigenvalue weighted by atomic mass is 16.2. The molecule has 19 heavy (non-hydrogen) atoms. The monoisotopic (exact) mass is 259 g/mol. The van der Waals surface area contributed by atoms with Gasteiger partial charge in [0.2, 0.25) is 11.8 Å². The Kier molecular flexibility index (Phi) is 3.11. The molecule has 0 spiro atoms. The van der Waals surface area contributed by atoms with Gasteiger partial charge in [-0.15, -0.1) is 0 Å². The summed E-state index contributed by atoms with van der Waals surface area (Å²) in [4.78, 5) is 23.1. The fourth-order valence-corrected chi connectivity index (χ4v) is 2.59. The molecular formula is C14H17N3O2. The van der Waals surface area contributed by atoms with Crippen LogP contribution in [-0.2, 0) is 16.0 Å². The van der Waals surface area contributed by atoms with E-state index in [0.29, 0.717) is 12.8 Å². The summed E-state index contributed by atoms with van der Waals surface area (Å²) in [6.07, 6.45) is 3.17. The van der Waals surface area contributed by atoms with Gasteiger partial charge in [0.25, 0.3) is 0 Å². The number of carbonyl (C=O) groups excluding carboxylic acids is 2. The van der Waals surface area contributed by atoms with Gasteiger partial charge in [-0.2, -0.15) is 0 Å². The van der Waals surface area contributed by atoms with Gasteiger partial charge >= 0.3 is 0 Å². The molecule has 1 atom stereocenters. The zero-order chi connectivity index (χ0) is 13.2. The fraction of sp³-hybridized carbons (Fsp3) is 0.429. The predicted octanol–water partition coefficient (Wildman–Crippen LogP) is 1.26. The van der Waals surface area contributed by atoms with Crippen LogP contribution in [0.2, 0.25) is 0 Å². The van der Waals surface area contributed by atoms with Crippen LogP contribution in [0.3, 0.4) is 0 Å². The van der Waals surface area contributed by atoms with Crippen LogP contribution in [0.25, 0.3) is 0 Å². The van der Waals surface area contributed by atoms with E-state index in [4.69, 9.17) is 0 Å². The van der Waals surface area contributed by atoms with Crippen molar-refractivity contribution >= 4 is 23.2 Å². The Morgan fingerprint density at radius 2 is 2.21 bits per heavy atom. The first kappa shape index (κ1) is 12.0. The van der Waals surface area contributed by atoms with Gasteiger partial charge in [-0.1, -0.05) is 0 Å². The summed E-state index contributed by atoms with van der Waals surface area (Å²) in [5, 5.41) is 8.88. The lowest BCUT2D eigenvalue weighted by molar-refractivity contribution is -0.122. The summed E-state index contributed by atoms with van der Waals surface area (Å²) >= 11 is 0. The molecule has 2 amide bonds. The van der Waals surface area contributed by atoms with Crippen LogP contribution in [0.4, 0.5) is 11.4 Å². The van der Waals surface area contributed by atoms with E-state index in [0.717, 1.165) is 30.8 Å². The molecule has 5 heteroatoms. The molecule has 0 unspecified atom stereocenters. The number of aryl methyl sites for hydroxylation is 1. The topological polar surface area (TPSA) is 70.2 Å². The number of carbonyl (C=O) groups is 2. The Morgan fingerprint density at radius 1 is 1.32 bits per heavy atom. The van der Waals surface area contributed by atoms with E-state index in [1.165, 1.54) is 5.56 Å². The first-order valence-corrected chi connectivity index (χ1v) is 6.69. The molecular weight excluding hydrogens is 242 g/mol. The molecule has 3 N–H and O–H groups in total. The highest BCUT2D eigenvalue weighted by molar-refractivity contribution is 5.99. The lowest BCUT2D eigenvalue weighted by Gasteiger charge is -2.19. The normalized spacial score (nSPS) is 21.3. The maximum atomic E-state index is 12.0. The molecule has 1 fully saturated rings. The smallest absolute Gasteiger partial charge is 0.246 e. The highest BCUT2D eigenvalue weighted by Gasteiger charge is 2.27. The molecule has 2 aliphatic rings. The van der Waals surface area contributed by atoms with Crippen molar-refractivity contribution in [2.45, 2.75) is 31.7 Å². The molecule has 1 aromatic rings. The van der Waals surface area contributed by atoms with Gasteiger partial charge in [0.05, 0.1) is 0 Å². The molecule has 3 rings (SSSR count). The van der Waals surface area contributed by atoms with Crippen molar-refractivity contribution in [3.05, 3.63) is 23.8 Å². The van der Waals surface area contributed by atoms with Crippen molar-refractivity contribution < 1.29 is 9.59 Å². The van der Waals surface area contributed by atoms with Crippen molar-refractivity contribution in [3.63, 3.8) is 0 Å². The number of benzene rings is 1. The second-order valence-electron chi connectivity index (χ2n) is 5.05. The molecule has 1 saturated heterocycles. The molecule has 5 nitrogen and oxygen atoms in total. The second-order valence-corrected chi connectivity index (χ2v) is 5.05. The Morgan fingerprint density at radius 3 is 3.00 bits per heavy atom. The number of nitrogens with one attached hydrogen (secondary N) is 3. The summed E-state index contributed by atoms with van der Waals surface area (Å²) in [6, 6.07) is 5.51. The summed E-state index contributed by atoms with van der Waals surface area (Å²) in [5.41, 5.74) is 3.19. The van der Waals surface area contributed by atoms with Crippen LogP contribution in [-0.4, -0.2) is 24.4 Å². The maximum absolute atomic E-state index is 12.0. The van der Waals surface area contributed by atoms with Crippen molar-refractivity contribution in [1.82, 2.24) is 5.32 Å². The minimum Gasteiger partial charge on any atom is -0.385 e. The van der Waals surface area contributed by atoms with Crippen LogP contribution >= 0.6 is 0 Å². The number of hydrogen-bond acceptors (Lipinski definition) is 3. The Labute approximate surface area is 111 Å². The van der Waals surface area contributed by atoms with Crippen LogP contribution < -0.4 is 16.0 Å². The van der Waals surface area contributed by atoms with E-state index in [-0.39, 0.29) is 17.9 Å². The third-order valence-electron chi connectivity index (χ3n) is 3.62. The average molecular weight is 259 g/mol. The number of hydrogen-bond donors (Lipinski definition) is 3. The minimum absolute atomic E-state index is 0.0465. The molecule has 1 aromatic carbocycles. The summed E-state index contributed by atoms with van der Waals surface area (Å²) in [7, 11) is 0. The molecule has 0 aromatic heterocycles. The van der Waals surface area contributed by atoms with Crippen LogP contribution in [0, 0.1) is 0 Å². The molecule has 0 aliphatic carbocycles. The van der Waals surface area contributed by atoms with Crippen LogP contribution in [0.15, 0.2) is 18.2 Å². The quantitative estimate of drug-likeness (QED) is 0.749. The van der Waals surface area contributed by atoms with E-state index in [2.05, 4.69) is 16.0 Å². The fourth-order valence-electron chi connectivity index (χ4n) is 2.59. The van der Waals surface area contributed by atoms with Gasteiger partial charge in [-0.25, -0.2) is 0 Å². The van der Waals surface area contributed by atoms with Crippen molar-refractivity contribution in [1.29, 1.82) is 0 Å². The molecule has 0 radical (unpaired) electrons. The van der Waals surface area contributed by atoms with Crippen molar-refractivity contribution in [2.75, 3.05) is 17.2 Å².